The fourth-order valence-corrected chi connectivity index (χ4v) is 7.13. The van der Waals surface area contributed by atoms with E-state index in [0.29, 0.717) is 30.8 Å². The molecule has 156 valence electrons. The number of methoxy groups -OCH3 is 1. The lowest BCUT2D eigenvalue weighted by atomic mass is 9.48. The summed E-state index contributed by atoms with van der Waals surface area (Å²) in [6, 6.07) is 5.81. The maximum atomic E-state index is 13.3. The largest absolute Gasteiger partial charge is 0.383 e. The third-order valence-corrected chi connectivity index (χ3v) is 8.17. The second-order valence-corrected chi connectivity index (χ2v) is 10.0. The summed E-state index contributed by atoms with van der Waals surface area (Å²) in [7, 11) is 1.64. The number of carbonyl (C=O) groups excluding carboxylic acids is 2. The van der Waals surface area contributed by atoms with Gasteiger partial charge in [0.25, 0.3) is 11.8 Å². The van der Waals surface area contributed by atoms with Gasteiger partial charge in [0.1, 0.15) is 0 Å². The van der Waals surface area contributed by atoms with Crippen LogP contribution in [-0.2, 0) is 11.3 Å². The highest BCUT2D eigenvalue weighted by atomic mass is 16.5. The van der Waals surface area contributed by atoms with Crippen LogP contribution in [0.5, 0.6) is 0 Å². The molecule has 0 saturated heterocycles. The van der Waals surface area contributed by atoms with Gasteiger partial charge < -0.3 is 15.0 Å². The van der Waals surface area contributed by atoms with Gasteiger partial charge in [-0.2, -0.15) is 0 Å². The number of hydrogen-bond acceptors (Lipinski definition) is 3. The Morgan fingerprint density at radius 1 is 1.21 bits per heavy atom. The molecule has 1 aromatic rings. The molecule has 5 aliphatic rings. The molecule has 4 saturated carbocycles. The predicted octanol–water partition coefficient (Wildman–Crippen LogP) is 3.62. The van der Waals surface area contributed by atoms with Crippen molar-refractivity contribution < 1.29 is 14.3 Å². The molecule has 1 aliphatic heterocycles. The molecular weight excluding hydrogens is 364 g/mol. The minimum Gasteiger partial charge on any atom is -0.383 e. The third kappa shape index (κ3) is 3.18. The maximum absolute atomic E-state index is 13.3. The van der Waals surface area contributed by atoms with Crippen molar-refractivity contribution in [1.29, 1.82) is 0 Å². The standard InChI is InChI=1S/C24H32N2O3/c1-15(24-11-16-8-17(12-24)10-18(9-16)13-24)25-22(27)20-5-3-4-19-14-26(6-7-29-2)23(28)21(19)20/h3-5,15-18H,6-14H2,1-2H3,(H,25,27)/t15-,16?,17?,18?,24?/m0/s1. The third-order valence-electron chi connectivity index (χ3n) is 8.17. The van der Waals surface area contributed by atoms with E-state index in [0.717, 1.165) is 23.3 Å². The Hall–Kier alpha value is -1.88. The number of amides is 2. The molecule has 0 spiro atoms. The minimum absolute atomic E-state index is 0.0507. The van der Waals surface area contributed by atoms with E-state index in [2.05, 4.69) is 12.2 Å². The van der Waals surface area contributed by atoms with Gasteiger partial charge >= 0.3 is 0 Å². The first-order valence-corrected chi connectivity index (χ1v) is 11.2. The second kappa shape index (κ2) is 7.12. The van der Waals surface area contributed by atoms with Crippen LogP contribution >= 0.6 is 0 Å². The topological polar surface area (TPSA) is 58.6 Å². The number of nitrogens with one attached hydrogen (secondary N) is 1. The van der Waals surface area contributed by atoms with Crippen molar-refractivity contribution in [3.8, 4) is 0 Å². The zero-order valence-corrected chi connectivity index (χ0v) is 17.6. The monoisotopic (exact) mass is 396 g/mol. The molecule has 4 fully saturated rings. The van der Waals surface area contributed by atoms with E-state index < -0.39 is 0 Å². The molecular formula is C24H32N2O3. The summed E-state index contributed by atoms with van der Waals surface area (Å²) < 4.78 is 5.13. The normalized spacial score (nSPS) is 33.1. The molecule has 2 amide bonds. The molecule has 0 aromatic heterocycles. The summed E-state index contributed by atoms with van der Waals surface area (Å²) >= 11 is 0. The van der Waals surface area contributed by atoms with Crippen molar-refractivity contribution in [2.24, 2.45) is 23.2 Å². The number of benzene rings is 1. The highest BCUT2D eigenvalue weighted by molar-refractivity contribution is 6.09. The van der Waals surface area contributed by atoms with Crippen LogP contribution in [0.25, 0.3) is 0 Å². The fourth-order valence-electron chi connectivity index (χ4n) is 7.13. The van der Waals surface area contributed by atoms with E-state index in [1.165, 1.54) is 38.5 Å². The highest BCUT2D eigenvalue weighted by Gasteiger charge is 2.53. The van der Waals surface area contributed by atoms with Crippen molar-refractivity contribution in [3.05, 3.63) is 34.9 Å². The van der Waals surface area contributed by atoms with E-state index in [4.69, 9.17) is 4.74 Å². The molecule has 4 bridgehead atoms. The van der Waals surface area contributed by atoms with E-state index in [1.807, 2.05) is 12.1 Å². The summed E-state index contributed by atoms with van der Waals surface area (Å²) in [4.78, 5) is 28.0. The van der Waals surface area contributed by atoms with Crippen molar-refractivity contribution in [2.45, 2.75) is 58.0 Å². The number of carbonyl (C=O) groups is 2. The summed E-state index contributed by atoms with van der Waals surface area (Å²) in [5.41, 5.74) is 2.32. The molecule has 0 radical (unpaired) electrons. The Labute approximate surface area is 173 Å². The van der Waals surface area contributed by atoms with Gasteiger partial charge in [-0.3, -0.25) is 9.59 Å². The van der Waals surface area contributed by atoms with E-state index in [9.17, 15) is 9.59 Å². The molecule has 1 heterocycles. The van der Waals surface area contributed by atoms with E-state index in [1.54, 1.807) is 18.1 Å². The molecule has 1 aromatic carbocycles. The van der Waals surface area contributed by atoms with E-state index >= 15 is 0 Å². The predicted molar refractivity (Wildman–Crippen MR) is 111 cm³/mol. The van der Waals surface area contributed by atoms with Crippen LogP contribution in [0.1, 0.15) is 71.7 Å². The second-order valence-electron chi connectivity index (χ2n) is 10.0. The quantitative estimate of drug-likeness (QED) is 0.799. The first-order valence-electron chi connectivity index (χ1n) is 11.2. The first-order chi connectivity index (χ1) is 14.0. The van der Waals surface area contributed by atoms with Crippen LogP contribution in [0, 0.1) is 23.2 Å². The smallest absolute Gasteiger partial charge is 0.255 e. The highest BCUT2D eigenvalue weighted by Crippen LogP contribution is 2.61. The number of hydrogen-bond donors (Lipinski definition) is 1. The lowest BCUT2D eigenvalue weighted by Gasteiger charge is -2.59. The van der Waals surface area contributed by atoms with Crippen LogP contribution in [0.15, 0.2) is 18.2 Å². The molecule has 6 rings (SSSR count). The van der Waals surface area contributed by atoms with Gasteiger partial charge in [-0.05, 0) is 80.2 Å². The molecule has 29 heavy (non-hydrogen) atoms. The van der Waals surface area contributed by atoms with Crippen LogP contribution in [0.4, 0.5) is 0 Å². The van der Waals surface area contributed by atoms with Gasteiger partial charge in [0.05, 0.1) is 17.7 Å². The van der Waals surface area contributed by atoms with Crippen molar-refractivity contribution in [2.75, 3.05) is 20.3 Å². The van der Waals surface area contributed by atoms with Crippen LogP contribution < -0.4 is 5.32 Å². The Morgan fingerprint density at radius 2 is 1.86 bits per heavy atom. The fraction of sp³-hybridized carbons (Fsp3) is 0.667. The molecule has 5 nitrogen and oxygen atoms in total. The summed E-state index contributed by atoms with van der Waals surface area (Å²) in [5.74, 6) is 2.43. The van der Waals surface area contributed by atoms with Gasteiger partial charge in [-0.25, -0.2) is 0 Å². The summed E-state index contributed by atoms with van der Waals surface area (Å²) in [6.07, 6.45) is 7.99. The van der Waals surface area contributed by atoms with Crippen molar-refractivity contribution in [3.63, 3.8) is 0 Å². The van der Waals surface area contributed by atoms with Crippen LogP contribution in [-0.4, -0.2) is 43.0 Å². The molecule has 4 aliphatic carbocycles. The lowest BCUT2D eigenvalue weighted by molar-refractivity contribution is -0.0688. The average Bonchev–Trinajstić information content (AvgIpc) is 3.01. The van der Waals surface area contributed by atoms with Crippen molar-refractivity contribution >= 4 is 11.8 Å². The molecule has 1 atom stereocenters. The molecule has 5 heteroatoms. The van der Waals surface area contributed by atoms with Gasteiger partial charge in [-0.1, -0.05) is 12.1 Å². The number of ether oxygens (including phenoxy) is 1. The Morgan fingerprint density at radius 3 is 2.48 bits per heavy atom. The van der Waals surface area contributed by atoms with Gasteiger partial charge in [0, 0.05) is 26.2 Å². The lowest BCUT2D eigenvalue weighted by Crippen LogP contribution is -2.55. The number of nitrogens with zero attached hydrogens (tertiary/aromatic N) is 1. The zero-order valence-electron chi connectivity index (χ0n) is 17.6. The number of rotatable bonds is 6. The first kappa shape index (κ1) is 19.1. The van der Waals surface area contributed by atoms with Crippen molar-refractivity contribution in [1.82, 2.24) is 10.2 Å². The minimum atomic E-state index is -0.0907. The molecule has 0 unspecified atom stereocenters. The van der Waals surface area contributed by atoms with Crippen LogP contribution in [0.3, 0.4) is 0 Å². The van der Waals surface area contributed by atoms with Gasteiger partial charge in [0.2, 0.25) is 0 Å². The van der Waals surface area contributed by atoms with Crippen LogP contribution in [0.2, 0.25) is 0 Å². The van der Waals surface area contributed by atoms with Gasteiger partial charge in [-0.15, -0.1) is 0 Å². The van der Waals surface area contributed by atoms with Gasteiger partial charge in [0.15, 0.2) is 0 Å². The summed E-state index contributed by atoms with van der Waals surface area (Å²) in [5, 5.41) is 3.33. The Bertz CT molecular complexity index is 798. The Kier molecular flexibility index (Phi) is 4.69. The number of fused-ring (bicyclic) bond motifs is 1. The summed E-state index contributed by atoms with van der Waals surface area (Å²) in [6.45, 7) is 3.81. The van der Waals surface area contributed by atoms with E-state index in [-0.39, 0.29) is 23.3 Å². The molecule has 1 N–H and O–H groups in total. The SMILES string of the molecule is COCCN1Cc2cccc(C(=O)N[C@@H](C)C34CC5CC(CC(C5)C3)C4)c2C1=O. The average molecular weight is 397 g/mol. The zero-order chi connectivity index (χ0) is 20.2. The maximum Gasteiger partial charge on any atom is 0.255 e. The Balaban J connectivity index is 1.34.